The topological polar surface area (TPSA) is 102 Å². The number of amides is 1. The van der Waals surface area contributed by atoms with Gasteiger partial charge in [-0.05, 0) is 18.2 Å². The number of carbonyl (C=O) groups excluding carboxylic acids is 1. The molecule has 0 aliphatic heterocycles. The van der Waals surface area contributed by atoms with Gasteiger partial charge in [-0.1, -0.05) is 17.7 Å². The molecule has 1 aromatic carbocycles. The highest BCUT2D eigenvalue weighted by Gasteiger charge is 2.09. The van der Waals surface area contributed by atoms with E-state index < -0.39 is 11.9 Å². The number of benzene rings is 1. The molecule has 1 amide bonds. The van der Waals surface area contributed by atoms with Crippen LogP contribution in [0.1, 0.15) is 6.42 Å². The fourth-order valence-electron chi connectivity index (χ4n) is 1.27. The Labute approximate surface area is 120 Å². The van der Waals surface area contributed by atoms with E-state index in [0.29, 0.717) is 10.7 Å². The van der Waals surface area contributed by atoms with Gasteiger partial charge in [0.05, 0.1) is 6.42 Å². The van der Waals surface area contributed by atoms with E-state index in [-0.39, 0.29) is 18.5 Å². The lowest BCUT2D eigenvalue weighted by atomic mass is 10.2. The quantitative estimate of drug-likeness (QED) is 0.421. The van der Waals surface area contributed by atoms with E-state index in [0.717, 1.165) is 0 Å². The zero-order chi connectivity index (χ0) is 15.0. The molecule has 3 N–H and O–H groups in total. The van der Waals surface area contributed by atoms with Crippen LogP contribution in [0.15, 0.2) is 36.0 Å². The summed E-state index contributed by atoms with van der Waals surface area (Å²) in [5.41, 5.74) is 0.310. The number of rotatable bonds is 6. The van der Waals surface area contributed by atoms with Crippen molar-refractivity contribution in [3.05, 3.63) is 41.1 Å². The van der Waals surface area contributed by atoms with Crippen molar-refractivity contribution < 1.29 is 14.7 Å². The van der Waals surface area contributed by atoms with Gasteiger partial charge in [-0.25, -0.2) is 0 Å². The molecule has 104 valence electrons. The van der Waals surface area contributed by atoms with E-state index in [4.69, 9.17) is 22.0 Å². The molecule has 0 atom stereocenters. The molecule has 0 saturated carbocycles. The Hall–Kier alpha value is -2.52. The molecule has 0 heterocycles. The number of anilines is 1. The molecule has 1 rings (SSSR count). The molecule has 1 aromatic rings. The van der Waals surface area contributed by atoms with Gasteiger partial charge in [0.2, 0.25) is 0 Å². The lowest BCUT2D eigenvalue weighted by molar-refractivity contribution is -0.136. The fraction of sp³-hybridized carbons (Fsp3) is 0.154. The van der Waals surface area contributed by atoms with Crippen molar-refractivity contribution in [2.24, 2.45) is 0 Å². The molecule has 20 heavy (non-hydrogen) atoms. The number of nitrogens with one attached hydrogen (secondary N) is 2. The number of hydrogen-bond donors (Lipinski definition) is 3. The first-order chi connectivity index (χ1) is 9.52. The van der Waals surface area contributed by atoms with Crippen LogP contribution in [0.3, 0.4) is 0 Å². The van der Waals surface area contributed by atoms with Gasteiger partial charge in [-0.3, -0.25) is 9.59 Å². The first-order valence-electron chi connectivity index (χ1n) is 5.65. The number of nitriles is 1. The first kappa shape index (κ1) is 15.5. The highest BCUT2D eigenvalue weighted by molar-refractivity contribution is 6.31. The Kier molecular flexibility index (Phi) is 6.07. The van der Waals surface area contributed by atoms with E-state index in [2.05, 4.69) is 10.6 Å². The number of aliphatic carboxylic acids is 1. The van der Waals surface area contributed by atoms with Crippen LogP contribution in [-0.4, -0.2) is 23.5 Å². The van der Waals surface area contributed by atoms with Crippen LogP contribution in [0.5, 0.6) is 0 Å². The van der Waals surface area contributed by atoms with E-state index in [1.54, 1.807) is 30.3 Å². The van der Waals surface area contributed by atoms with Crippen molar-refractivity contribution in [3.63, 3.8) is 0 Å². The molecule has 0 fully saturated rings. The minimum absolute atomic E-state index is 0.106. The molecule has 0 unspecified atom stereocenters. The molecule has 0 aromatic heterocycles. The highest BCUT2D eigenvalue weighted by Crippen LogP contribution is 2.15. The molecule has 6 nitrogen and oxygen atoms in total. The van der Waals surface area contributed by atoms with Gasteiger partial charge < -0.3 is 15.7 Å². The van der Waals surface area contributed by atoms with Gasteiger partial charge in [-0.2, -0.15) is 5.26 Å². The summed E-state index contributed by atoms with van der Waals surface area (Å²) in [4.78, 5) is 22.1. The summed E-state index contributed by atoms with van der Waals surface area (Å²) in [6.07, 6.45) is 1.08. The highest BCUT2D eigenvalue weighted by atomic mass is 35.5. The molecule has 0 aliphatic carbocycles. The maximum absolute atomic E-state index is 11.8. The Morgan fingerprint density at radius 3 is 2.80 bits per heavy atom. The molecular weight excluding hydrogens is 282 g/mol. The Morgan fingerprint density at radius 1 is 1.45 bits per heavy atom. The van der Waals surface area contributed by atoms with Crippen LogP contribution < -0.4 is 10.6 Å². The van der Waals surface area contributed by atoms with Crippen molar-refractivity contribution in [2.75, 3.05) is 11.9 Å². The van der Waals surface area contributed by atoms with Gasteiger partial charge in [-0.15, -0.1) is 0 Å². The van der Waals surface area contributed by atoms with Crippen molar-refractivity contribution in [3.8, 4) is 6.07 Å². The molecule has 0 aliphatic rings. The fourth-order valence-corrected chi connectivity index (χ4v) is 1.46. The van der Waals surface area contributed by atoms with E-state index in [1.807, 2.05) is 0 Å². The van der Waals surface area contributed by atoms with Crippen LogP contribution in [-0.2, 0) is 9.59 Å². The Morgan fingerprint density at radius 2 is 2.20 bits per heavy atom. The van der Waals surface area contributed by atoms with Crippen LogP contribution in [0.25, 0.3) is 0 Å². The average molecular weight is 294 g/mol. The molecule has 0 saturated heterocycles. The van der Waals surface area contributed by atoms with Crippen molar-refractivity contribution in [2.45, 2.75) is 6.42 Å². The number of carboxylic acid groups (broad SMARTS) is 1. The minimum Gasteiger partial charge on any atom is -0.481 e. The summed E-state index contributed by atoms with van der Waals surface area (Å²) in [6.45, 7) is 0.130. The molecule has 0 spiro atoms. The van der Waals surface area contributed by atoms with Crippen LogP contribution in [0.2, 0.25) is 5.02 Å². The summed E-state index contributed by atoms with van der Waals surface area (Å²) in [5, 5.41) is 22.9. The Balaban J connectivity index is 2.61. The number of halogens is 1. The van der Waals surface area contributed by atoms with Crippen molar-refractivity contribution in [1.29, 1.82) is 5.26 Å². The predicted octanol–water partition coefficient (Wildman–Crippen LogP) is 1.75. The first-order valence-corrected chi connectivity index (χ1v) is 6.03. The second-order valence-corrected chi connectivity index (χ2v) is 4.17. The van der Waals surface area contributed by atoms with E-state index >= 15 is 0 Å². The monoisotopic (exact) mass is 293 g/mol. The van der Waals surface area contributed by atoms with Gasteiger partial charge in [0, 0.05) is 23.5 Å². The average Bonchev–Trinajstić information content (AvgIpc) is 2.38. The lowest BCUT2D eigenvalue weighted by Gasteiger charge is -2.05. The minimum atomic E-state index is -0.965. The zero-order valence-corrected chi connectivity index (χ0v) is 11.1. The second kappa shape index (κ2) is 7.81. The molecule has 0 bridgehead atoms. The van der Waals surface area contributed by atoms with Gasteiger partial charge in [0.25, 0.3) is 5.91 Å². The van der Waals surface area contributed by atoms with Crippen molar-refractivity contribution >= 4 is 29.2 Å². The maximum atomic E-state index is 11.8. The number of hydrogen-bond acceptors (Lipinski definition) is 4. The Bertz CT molecular complexity index is 578. The largest absolute Gasteiger partial charge is 0.481 e. The SMILES string of the molecule is N#C/C(=C/NCCC(=O)O)C(=O)Nc1cccc(Cl)c1. The number of nitrogens with zero attached hydrogens (tertiary/aromatic N) is 1. The van der Waals surface area contributed by atoms with Gasteiger partial charge in [0.1, 0.15) is 11.6 Å². The summed E-state index contributed by atoms with van der Waals surface area (Å²) < 4.78 is 0. The third-order valence-electron chi connectivity index (χ3n) is 2.18. The summed E-state index contributed by atoms with van der Waals surface area (Å²) in [6, 6.07) is 8.24. The van der Waals surface area contributed by atoms with E-state index in [1.165, 1.54) is 6.20 Å². The van der Waals surface area contributed by atoms with Crippen LogP contribution in [0, 0.1) is 11.3 Å². The number of carbonyl (C=O) groups is 2. The van der Waals surface area contributed by atoms with Crippen molar-refractivity contribution in [1.82, 2.24) is 5.32 Å². The summed E-state index contributed by atoms with van der Waals surface area (Å²) in [5.74, 6) is -1.56. The normalized spacial score (nSPS) is 10.5. The summed E-state index contributed by atoms with van der Waals surface area (Å²) >= 11 is 5.77. The van der Waals surface area contributed by atoms with Crippen LogP contribution in [0.4, 0.5) is 5.69 Å². The smallest absolute Gasteiger partial charge is 0.305 e. The summed E-state index contributed by atoms with van der Waals surface area (Å²) in [7, 11) is 0. The third-order valence-corrected chi connectivity index (χ3v) is 2.41. The lowest BCUT2D eigenvalue weighted by Crippen LogP contribution is -2.18. The third kappa shape index (κ3) is 5.42. The molecule has 0 radical (unpaired) electrons. The predicted molar refractivity (Wildman–Crippen MR) is 74.0 cm³/mol. The zero-order valence-electron chi connectivity index (χ0n) is 10.4. The van der Waals surface area contributed by atoms with Gasteiger partial charge >= 0.3 is 5.97 Å². The standard InChI is InChI=1S/C13H12ClN3O3/c14-10-2-1-3-11(6-10)17-13(20)9(7-15)8-16-5-4-12(18)19/h1-3,6,8,16H,4-5H2,(H,17,20)(H,18,19)/b9-8-. The van der Waals surface area contributed by atoms with E-state index in [9.17, 15) is 9.59 Å². The number of carboxylic acids is 1. The second-order valence-electron chi connectivity index (χ2n) is 3.73. The molecular formula is C13H12ClN3O3. The van der Waals surface area contributed by atoms with Gasteiger partial charge in [0.15, 0.2) is 0 Å². The van der Waals surface area contributed by atoms with Crippen LogP contribution >= 0.6 is 11.6 Å². The molecule has 7 heteroatoms. The maximum Gasteiger partial charge on any atom is 0.305 e.